The van der Waals surface area contributed by atoms with Gasteiger partial charge in [0.15, 0.2) is 11.0 Å². The van der Waals surface area contributed by atoms with Crippen LogP contribution in [0.4, 0.5) is 5.13 Å². The lowest BCUT2D eigenvalue weighted by Gasteiger charge is -2.12. The molecule has 1 amide bonds. The average Bonchev–Trinajstić information content (AvgIpc) is 3.22. The van der Waals surface area contributed by atoms with E-state index in [9.17, 15) is 4.79 Å². The van der Waals surface area contributed by atoms with Gasteiger partial charge in [0.25, 0.3) is 0 Å². The summed E-state index contributed by atoms with van der Waals surface area (Å²) in [5, 5.41) is 20.9. The van der Waals surface area contributed by atoms with Crippen molar-refractivity contribution in [1.29, 1.82) is 0 Å². The quantitative estimate of drug-likeness (QED) is 0.481. The second kappa shape index (κ2) is 8.45. The van der Waals surface area contributed by atoms with Gasteiger partial charge in [-0.1, -0.05) is 52.9 Å². The van der Waals surface area contributed by atoms with Gasteiger partial charge in [0.2, 0.25) is 11.0 Å². The number of carbonyl (C=O) groups is 1. The monoisotopic (exact) mass is 400 g/mol. The maximum Gasteiger partial charge on any atom is 0.239 e. The zero-order valence-corrected chi connectivity index (χ0v) is 17.0. The molecule has 27 heavy (non-hydrogen) atoms. The molecule has 0 unspecified atom stereocenters. The van der Waals surface area contributed by atoms with Crippen LogP contribution in [0.15, 0.2) is 42.1 Å². The molecule has 3 aromatic rings. The molecule has 140 valence electrons. The fourth-order valence-corrected chi connectivity index (χ4v) is 3.89. The van der Waals surface area contributed by atoms with Crippen LogP contribution in [0.2, 0.25) is 0 Å². The van der Waals surface area contributed by atoms with Gasteiger partial charge in [-0.3, -0.25) is 14.7 Å². The minimum atomic E-state index is -0.368. The van der Waals surface area contributed by atoms with Crippen molar-refractivity contribution < 1.29 is 4.79 Å². The van der Waals surface area contributed by atoms with Crippen LogP contribution in [0.5, 0.6) is 0 Å². The molecule has 1 atom stereocenters. The number of aromatic nitrogens is 5. The molecule has 0 saturated heterocycles. The summed E-state index contributed by atoms with van der Waals surface area (Å²) in [5.41, 5.74) is 2.13. The number of allylic oxidation sites excluding steroid dienone is 1. The lowest BCUT2D eigenvalue weighted by molar-refractivity contribution is -0.115. The van der Waals surface area contributed by atoms with Crippen molar-refractivity contribution in [3.63, 3.8) is 0 Å². The Morgan fingerprint density at radius 1 is 1.33 bits per heavy atom. The number of thioether (sulfide) groups is 1. The van der Waals surface area contributed by atoms with Crippen LogP contribution in [-0.4, -0.2) is 36.1 Å². The van der Waals surface area contributed by atoms with Gasteiger partial charge in [-0.05, 0) is 26.8 Å². The molecule has 2 heterocycles. The molecule has 1 aromatic carbocycles. The Balaban J connectivity index is 1.79. The Bertz CT molecular complexity index is 964. The number of aryl methyl sites for hydroxylation is 2. The van der Waals surface area contributed by atoms with Crippen molar-refractivity contribution in [2.24, 2.45) is 0 Å². The van der Waals surface area contributed by atoms with E-state index in [1.54, 1.807) is 6.08 Å². The predicted molar refractivity (Wildman–Crippen MR) is 109 cm³/mol. The molecule has 2 aromatic heterocycles. The summed E-state index contributed by atoms with van der Waals surface area (Å²) >= 11 is 2.69. The normalized spacial score (nSPS) is 12.0. The van der Waals surface area contributed by atoms with Gasteiger partial charge in [0.05, 0.1) is 5.25 Å². The number of anilines is 1. The highest BCUT2D eigenvalue weighted by Gasteiger charge is 2.21. The highest BCUT2D eigenvalue weighted by Crippen LogP contribution is 2.28. The van der Waals surface area contributed by atoms with E-state index in [-0.39, 0.29) is 11.2 Å². The zero-order valence-electron chi connectivity index (χ0n) is 15.3. The lowest BCUT2D eigenvalue weighted by Crippen LogP contribution is -2.22. The van der Waals surface area contributed by atoms with Crippen molar-refractivity contribution in [2.45, 2.75) is 37.7 Å². The lowest BCUT2D eigenvalue weighted by atomic mass is 10.1. The van der Waals surface area contributed by atoms with Gasteiger partial charge in [-0.2, -0.15) is 0 Å². The van der Waals surface area contributed by atoms with Gasteiger partial charge in [0.1, 0.15) is 5.01 Å². The van der Waals surface area contributed by atoms with E-state index in [1.165, 1.54) is 23.1 Å². The minimum absolute atomic E-state index is 0.151. The van der Waals surface area contributed by atoms with E-state index in [1.807, 2.05) is 43.5 Å². The minimum Gasteiger partial charge on any atom is -0.300 e. The van der Waals surface area contributed by atoms with E-state index in [0.29, 0.717) is 16.8 Å². The molecule has 9 heteroatoms. The number of amides is 1. The standard InChI is InChI=1S/C18H20N6OS2/c1-5-9-24-15(14-8-6-7-11(2)10-14)21-23-18(24)26-12(3)16(25)19-17-22-20-13(4)27-17/h5-8,10,12H,1,9H2,2-4H3,(H,19,22,25)/t12-/m0/s1. The number of nitrogens with zero attached hydrogens (tertiary/aromatic N) is 5. The molecule has 0 fully saturated rings. The van der Waals surface area contributed by atoms with E-state index >= 15 is 0 Å². The molecule has 0 saturated carbocycles. The first kappa shape index (κ1) is 19.2. The van der Waals surface area contributed by atoms with E-state index in [0.717, 1.165) is 22.0 Å². The summed E-state index contributed by atoms with van der Waals surface area (Å²) in [5.74, 6) is 0.606. The highest BCUT2D eigenvalue weighted by atomic mass is 32.2. The zero-order chi connectivity index (χ0) is 19.4. The van der Waals surface area contributed by atoms with Gasteiger partial charge >= 0.3 is 0 Å². The van der Waals surface area contributed by atoms with Gasteiger partial charge in [0, 0.05) is 12.1 Å². The third-order valence-electron chi connectivity index (χ3n) is 3.71. The summed E-state index contributed by atoms with van der Waals surface area (Å²) in [6, 6.07) is 8.09. The number of carbonyl (C=O) groups excluding carboxylic acids is 1. The van der Waals surface area contributed by atoms with E-state index in [4.69, 9.17) is 0 Å². The molecule has 0 aliphatic carbocycles. The van der Waals surface area contributed by atoms with E-state index in [2.05, 4.69) is 38.4 Å². The third-order valence-corrected chi connectivity index (χ3v) is 5.55. The molecule has 1 N–H and O–H groups in total. The molecular formula is C18H20N6OS2. The van der Waals surface area contributed by atoms with Gasteiger partial charge in [-0.15, -0.1) is 27.0 Å². The van der Waals surface area contributed by atoms with Crippen LogP contribution in [0.1, 0.15) is 17.5 Å². The first-order chi connectivity index (χ1) is 13.0. The molecule has 0 aliphatic rings. The first-order valence-electron chi connectivity index (χ1n) is 8.36. The largest absolute Gasteiger partial charge is 0.300 e. The van der Waals surface area contributed by atoms with Crippen LogP contribution in [-0.2, 0) is 11.3 Å². The molecule has 7 nitrogen and oxygen atoms in total. The number of hydrogen-bond acceptors (Lipinski definition) is 7. The Morgan fingerprint density at radius 3 is 2.81 bits per heavy atom. The maximum atomic E-state index is 12.4. The third kappa shape index (κ3) is 4.61. The van der Waals surface area contributed by atoms with Gasteiger partial charge in [-0.25, -0.2) is 0 Å². The second-order valence-electron chi connectivity index (χ2n) is 5.95. The van der Waals surface area contributed by atoms with Crippen LogP contribution < -0.4 is 5.32 Å². The Kier molecular flexibility index (Phi) is 6.02. The number of benzene rings is 1. The fraction of sp³-hybridized carbons (Fsp3) is 0.278. The smallest absolute Gasteiger partial charge is 0.239 e. The molecule has 0 radical (unpaired) electrons. The number of hydrogen-bond donors (Lipinski definition) is 1. The summed E-state index contributed by atoms with van der Waals surface area (Å²) in [6.07, 6.45) is 1.79. The summed E-state index contributed by atoms with van der Waals surface area (Å²) in [6.45, 7) is 10.1. The maximum absolute atomic E-state index is 12.4. The SMILES string of the molecule is C=CCn1c(S[C@@H](C)C(=O)Nc2nnc(C)s2)nnc1-c1cccc(C)c1. The van der Waals surface area contributed by atoms with Crippen LogP contribution >= 0.6 is 23.1 Å². The van der Waals surface area contributed by atoms with Crippen molar-refractivity contribution in [2.75, 3.05) is 5.32 Å². The van der Waals surface area contributed by atoms with Crippen molar-refractivity contribution in [3.8, 4) is 11.4 Å². The molecule has 0 aliphatic heterocycles. The van der Waals surface area contributed by atoms with Crippen LogP contribution in [0.3, 0.4) is 0 Å². The Hall–Kier alpha value is -2.52. The van der Waals surface area contributed by atoms with Gasteiger partial charge < -0.3 is 0 Å². The van der Waals surface area contributed by atoms with E-state index < -0.39 is 0 Å². The van der Waals surface area contributed by atoms with Crippen LogP contribution in [0, 0.1) is 13.8 Å². The number of nitrogens with one attached hydrogen (secondary N) is 1. The van der Waals surface area contributed by atoms with Crippen LogP contribution in [0.25, 0.3) is 11.4 Å². The topological polar surface area (TPSA) is 85.6 Å². The molecule has 0 spiro atoms. The fourth-order valence-electron chi connectivity index (χ4n) is 2.43. The van der Waals surface area contributed by atoms with Crippen molar-refractivity contribution in [1.82, 2.24) is 25.0 Å². The summed E-state index contributed by atoms with van der Waals surface area (Å²) in [4.78, 5) is 12.4. The Labute approximate surface area is 165 Å². The molecular weight excluding hydrogens is 380 g/mol. The molecule has 3 rings (SSSR count). The van der Waals surface area contributed by atoms with Crippen molar-refractivity contribution >= 4 is 34.1 Å². The summed E-state index contributed by atoms with van der Waals surface area (Å²) in [7, 11) is 0. The number of rotatable bonds is 7. The Morgan fingerprint density at radius 2 is 2.15 bits per heavy atom. The van der Waals surface area contributed by atoms with Crippen molar-refractivity contribution in [3.05, 3.63) is 47.5 Å². The highest BCUT2D eigenvalue weighted by molar-refractivity contribution is 8.00. The second-order valence-corrected chi connectivity index (χ2v) is 8.44. The summed E-state index contributed by atoms with van der Waals surface area (Å²) < 4.78 is 1.96. The first-order valence-corrected chi connectivity index (χ1v) is 10.1. The molecule has 0 bridgehead atoms. The average molecular weight is 401 g/mol. The predicted octanol–water partition coefficient (Wildman–Crippen LogP) is 3.72.